The third-order valence-electron chi connectivity index (χ3n) is 5.61. The summed E-state index contributed by atoms with van der Waals surface area (Å²) in [6, 6.07) is 16.1. The Morgan fingerprint density at radius 3 is 2.56 bits per heavy atom. The van der Waals surface area contributed by atoms with Crippen molar-refractivity contribution < 1.29 is 9.18 Å². The third-order valence-corrected chi connectivity index (χ3v) is 6.63. The number of amides is 1. The zero-order valence-corrected chi connectivity index (χ0v) is 20.1. The van der Waals surface area contributed by atoms with E-state index in [0.717, 1.165) is 28.2 Å². The van der Waals surface area contributed by atoms with Crippen LogP contribution in [0, 0.1) is 37.9 Å². The Hall–Kier alpha value is -3.90. The van der Waals surface area contributed by atoms with Crippen molar-refractivity contribution in [3.63, 3.8) is 0 Å². The monoisotopic (exact) mass is 474 g/mol. The van der Waals surface area contributed by atoms with E-state index in [-0.39, 0.29) is 17.5 Å². The number of benzene rings is 2. The van der Waals surface area contributed by atoms with Crippen LogP contribution in [-0.2, 0) is 11.8 Å². The second-order valence-electron chi connectivity index (χ2n) is 7.93. The van der Waals surface area contributed by atoms with Crippen LogP contribution in [-0.4, -0.2) is 31.0 Å². The molecule has 0 aliphatic rings. The molecule has 2 heterocycles. The molecule has 2 aromatic heterocycles. The maximum atomic E-state index is 13.4. The minimum absolute atomic E-state index is 0.0807. The highest BCUT2D eigenvalue weighted by Gasteiger charge is 2.21. The summed E-state index contributed by atoms with van der Waals surface area (Å²) >= 11 is 1.26. The number of anilines is 1. The van der Waals surface area contributed by atoms with Gasteiger partial charge in [-0.3, -0.25) is 9.36 Å². The number of aromatic nitrogens is 4. The normalized spacial score (nSPS) is 10.8. The molecule has 34 heavy (non-hydrogen) atoms. The molecule has 4 rings (SSSR count). The van der Waals surface area contributed by atoms with E-state index in [9.17, 15) is 14.4 Å². The fourth-order valence-corrected chi connectivity index (χ4v) is 4.46. The van der Waals surface area contributed by atoms with Crippen molar-refractivity contribution in [2.45, 2.75) is 25.9 Å². The van der Waals surface area contributed by atoms with Crippen molar-refractivity contribution in [2.24, 2.45) is 7.05 Å². The van der Waals surface area contributed by atoms with E-state index in [1.807, 2.05) is 56.7 Å². The van der Waals surface area contributed by atoms with Gasteiger partial charge in [-0.15, -0.1) is 10.2 Å². The highest BCUT2D eigenvalue weighted by molar-refractivity contribution is 7.99. The molecule has 0 fully saturated rings. The average Bonchev–Trinajstić information content (AvgIpc) is 3.29. The second-order valence-corrected chi connectivity index (χ2v) is 8.87. The summed E-state index contributed by atoms with van der Waals surface area (Å²) in [4.78, 5) is 12.9. The lowest BCUT2D eigenvalue weighted by molar-refractivity contribution is -0.113. The number of nitrogens with zero attached hydrogens (tertiary/aromatic N) is 5. The average molecular weight is 475 g/mol. The van der Waals surface area contributed by atoms with Crippen LogP contribution in [0.4, 0.5) is 10.2 Å². The van der Waals surface area contributed by atoms with Crippen LogP contribution < -0.4 is 5.32 Å². The zero-order chi connectivity index (χ0) is 24.4. The number of carbonyl (C=O) groups is 1. The first-order chi connectivity index (χ1) is 16.3. The number of hydrogen-bond donors (Lipinski definition) is 1. The molecule has 4 aromatic rings. The number of aryl methyl sites for hydroxylation is 1. The number of nitriles is 1. The van der Waals surface area contributed by atoms with E-state index >= 15 is 0 Å². The van der Waals surface area contributed by atoms with Gasteiger partial charge in [-0.2, -0.15) is 5.26 Å². The van der Waals surface area contributed by atoms with Crippen molar-refractivity contribution in [3.05, 3.63) is 76.7 Å². The molecule has 2 aromatic carbocycles. The fraction of sp³-hybridized carbons (Fsp3) is 0.200. The number of carbonyl (C=O) groups excluding carboxylic acids is 1. The first-order valence-electron chi connectivity index (χ1n) is 10.6. The Morgan fingerprint density at radius 2 is 1.88 bits per heavy atom. The van der Waals surface area contributed by atoms with Crippen molar-refractivity contribution in [1.82, 2.24) is 19.3 Å². The molecular weight excluding hydrogens is 451 g/mol. The molecule has 0 saturated carbocycles. The molecule has 0 bridgehead atoms. The molecule has 1 amide bonds. The molecule has 7 nitrogen and oxygen atoms in total. The number of rotatable bonds is 6. The van der Waals surface area contributed by atoms with Crippen LogP contribution in [0.15, 0.2) is 53.7 Å². The van der Waals surface area contributed by atoms with Crippen LogP contribution in [0.3, 0.4) is 0 Å². The second kappa shape index (κ2) is 9.53. The van der Waals surface area contributed by atoms with E-state index in [1.165, 1.54) is 23.9 Å². The summed E-state index contributed by atoms with van der Waals surface area (Å²) in [7, 11) is 1.86. The lowest BCUT2D eigenvalue weighted by atomic mass is 10.1. The summed E-state index contributed by atoms with van der Waals surface area (Å²) in [5.74, 6) is 0.518. The zero-order valence-electron chi connectivity index (χ0n) is 19.3. The Morgan fingerprint density at radius 1 is 1.15 bits per heavy atom. The summed E-state index contributed by atoms with van der Waals surface area (Å²) in [5.41, 5.74) is 4.65. The van der Waals surface area contributed by atoms with Crippen molar-refractivity contribution in [1.29, 1.82) is 5.26 Å². The lowest BCUT2D eigenvalue weighted by Gasteiger charge is -2.13. The van der Waals surface area contributed by atoms with Gasteiger partial charge in [-0.1, -0.05) is 35.5 Å². The SMILES string of the molecule is Cc1cccc(-c2nnc(SCC(=O)Nc3c(C#N)c(C)c(C)n3-c3ccc(F)cc3)n2C)c1. The van der Waals surface area contributed by atoms with E-state index in [2.05, 4.69) is 21.6 Å². The Balaban J connectivity index is 1.55. The summed E-state index contributed by atoms with van der Waals surface area (Å²) in [5, 5.41) is 21.7. The maximum Gasteiger partial charge on any atom is 0.236 e. The van der Waals surface area contributed by atoms with Crippen molar-refractivity contribution >= 4 is 23.5 Å². The molecule has 9 heteroatoms. The Labute approximate surface area is 201 Å². The summed E-state index contributed by atoms with van der Waals surface area (Å²) in [6.07, 6.45) is 0. The molecule has 0 unspecified atom stereocenters. The minimum Gasteiger partial charge on any atom is -0.310 e. The molecule has 1 N–H and O–H groups in total. The Bertz CT molecular complexity index is 1410. The highest BCUT2D eigenvalue weighted by Crippen LogP contribution is 2.30. The topological polar surface area (TPSA) is 88.5 Å². The van der Waals surface area contributed by atoms with Gasteiger partial charge in [-0.25, -0.2) is 4.39 Å². The number of hydrogen-bond acceptors (Lipinski definition) is 5. The first-order valence-corrected chi connectivity index (χ1v) is 11.6. The molecule has 172 valence electrons. The molecular formula is C25H23FN6OS. The van der Waals surface area contributed by atoms with Crippen molar-refractivity contribution in [3.8, 4) is 23.1 Å². The van der Waals surface area contributed by atoms with Gasteiger partial charge < -0.3 is 9.88 Å². The number of thioether (sulfide) groups is 1. The Kier molecular flexibility index (Phi) is 6.52. The molecule has 0 radical (unpaired) electrons. The minimum atomic E-state index is -0.360. The van der Waals surface area contributed by atoms with Gasteiger partial charge in [0.1, 0.15) is 17.7 Å². The fourth-order valence-electron chi connectivity index (χ4n) is 3.75. The van der Waals surface area contributed by atoms with Gasteiger partial charge in [0.2, 0.25) is 5.91 Å². The van der Waals surface area contributed by atoms with Crippen LogP contribution in [0.2, 0.25) is 0 Å². The third kappa shape index (κ3) is 4.45. The van der Waals surface area contributed by atoms with Gasteiger partial charge in [0.05, 0.1) is 11.3 Å². The van der Waals surface area contributed by atoms with Gasteiger partial charge in [0.25, 0.3) is 0 Å². The molecule has 0 aliphatic carbocycles. The van der Waals surface area contributed by atoms with Crippen LogP contribution in [0.5, 0.6) is 0 Å². The smallest absolute Gasteiger partial charge is 0.236 e. The standard InChI is InChI=1S/C25H23FN6OS/c1-15-6-5-7-18(12-15)23-29-30-25(31(23)4)34-14-22(33)28-24-21(13-27)16(2)17(3)32(24)20-10-8-19(26)9-11-20/h5-12H,14H2,1-4H3,(H,28,33). The van der Waals surface area contributed by atoms with E-state index in [4.69, 9.17) is 0 Å². The predicted octanol–water partition coefficient (Wildman–Crippen LogP) is 4.94. The van der Waals surface area contributed by atoms with Gasteiger partial charge in [-0.05, 0) is 56.7 Å². The largest absolute Gasteiger partial charge is 0.310 e. The summed E-state index contributed by atoms with van der Waals surface area (Å²) in [6.45, 7) is 5.70. The molecule has 0 saturated heterocycles. The molecule has 0 spiro atoms. The van der Waals surface area contributed by atoms with Crippen LogP contribution in [0.1, 0.15) is 22.4 Å². The maximum absolute atomic E-state index is 13.4. The highest BCUT2D eigenvalue weighted by atomic mass is 32.2. The van der Waals surface area contributed by atoms with E-state index in [0.29, 0.717) is 22.2 Å². The van der Waals surface area contributed by atoms with E-state index < -0.39 is 0 Å². The van der Waals surface area contributed by atoms with Gasteiger partial charge in [0, 0.05) is 24.0 Å². The quantitative estimate of drug-likeness (QED) is 0.400. The molecule has 0 atom stereocenters. The van der Waals surface area contributed by atoms with E-state index in [1.54, 1.807) is 16.7 Å². The van der Waals surface area contributed by atoms with Crippen LogP contribution in [0.25, 0.3) is 17.1 Å². The predicted molar refractivity (Wildman–Crippen MR) is 130 cm³/mol. The van der Waals surface area contributed by atoms with Crippen LogP contribution >= 0.6 is 11.8 Å². The number of nitrogens with one attached hydrogen (secondary N) is 1. The lowest BCUT2D eigenvalue weighted by Crippen LogP contribution is -2.18. The summed E-state index contributed by atoms with van der Waals surface area (Å²) < 4.78 is 17.0. The number of halogens is 1. The van der Waals surface area contributed by atoms with Gasteiger partial charge in [0.15, 0.2) is 11.0 Å². The van der Waals surface area contributed by atoms with Gasteiger partial charge >= 0.3 is 0 Å². The first kappa shape index (κ1) is 23.3. The van der Waals surface area contributed by atoms with Crippen molar-refractivity contribution in [2.75, 3.05) is 11.1 Å². The molecule has 0 aliphatic heterocycles.